The molecule has 5 heteroatoms. The van der Waals surface area contributed by atoms with Crippen molar-refractivity contribution in [1.82, 2.24) is 20.2 Å². The number of nitriles is 1. The molecule has 5 nitrogen and oxygen atoms in total. The van der Waals surface area contributed by atoms with E-state index in [1.165, 1.54) is 29.4 Å². The molecule has 29 heavy (non-hydrogen) atoms. The summed E-state index contributed by atoms with van der Waals surface area (Å²) in [5.41, 5.74) is 9.66. The largest absolute Gasteiger partial charge is 0.346 e. The van der Waals surface area contributed by atoms with Crippen LogP contribution >= 0.6 is 0 Å². The monoisotopic (exact) mass is 377 g/mol. The summed E-state index contributed by atoms with van der Waals surface area (Å²) in [6, 6.07) is 14.8. The lowest BCUT2D eigenvalue weighted by Gasteiger charge is -2.22. The molecular weight excluding hydrogens is 358 g/mol. The fourth-order valence-electron chi connectivity index (χ4n) is 4.82. The first kappa shape index (κ1) is 16.3. The van der Waals surface area contributed by atoms with Gasteiger partial charge in [0.2, 0.25) is 0 Å². The molecular formula is C24H19N5. The van der Waals surface area contributed by atoms with Gasteiger partial charge in [-0.3, -0.25) is 5.10 Å². The average Bonchev–Trinajstić information content (AvgIpc) is 3.36. The van der Waals surface area contributed by atoms with Crippen molar-refractivity contribution in [3.05, 3.63) is 58.9 Å². The summed E-state index contributed by atoms with van der Waals surface area (Å²) >= 11 is 0. The van der Waals surface area contributed by atoms with Crippen LogP contribution in [0.1, 0.15) is 35.4 Å². The van der Waals surface area contributed by atoms with Gasteiger partial charge in [0.1, 0.15) is 11.8 Å². The number of H-pyrrole nitrogens is 2. The third kappa shape index (κ3) is 2.32. The van der Waals surface area contributed by atoms with Gasteiger partial charge in [0.25, 0.3) is 0 Å². The summed E-state index contributed by atoms with van der Waals surface area (Å²) in [7, 11) is 0. The van der Waals surface area contributed by atoms with Gasteiger partial charge in [0.05, 0.1) is 22.4 Å². The van der Waals surface area contributed by atoms with Gasteiger partial charge in [-0.1, -0.05) is 6.07 Å². The predicted molar refractivity (Wildman–Crippen MR) is 115 cm³/mol. The van der Waals surface area contributed by atoms with Crippen molar-refractivity contribution < 1.29 is 0 Å². The van der Waals surface area contributed by atoms with Crippen molar-refractivity contribution in [2.45, 2.75) is 32.6 Å². The van der Waals surface area contributed by atoms with Gasteiger partial charge >= 0.3 is 0 Å². The molecule has 3 aromatic heterocycles. The lowest BCUT2D eigenvalue weighted by molar-refractivity contribution is 0.689. The highest BCUT2D eigenvalue weighted by molar-refractivity contribution is 6.09. The summed E-state index contributed by atoms with van der Waals surface area (Å²) in [6.07, 6.45) is 4.48. The average molecular weight is 377 g/mol. The summed E-state index contributed by atoms with van der Waals surface area (Å²) in [6.45, 7) is 2.03. The van der Waals surface area contributed by atoms with Crippen molar-refractivity contribution in [2.75, 3.05) is 0 Å². The van der Waals surface area contributed by atoms with Crippen LogP contribution in [0, 0.1) is 18.3 Å². The number of rotatable bonds is 1. The van der Waals surface area contributed by atoms with Crippen LogP contribution in [-0.2, 0) is 12.8 Å². The van der Waals surface area contributed by atoms with Gasteiger partial charge in [0.15, 0.2) is 0 Å². The number of nitrogens with zero attached hydrogens (tertiary/aromatic N) is 3. The Morgan fingerprint density at radius 2 is 1.79 bits per heavy atom. The van der Waals surface area contributed by atoms with Crippen molar-refractivity contribution in [3.8, 4) is 17.3 Å². The number of aromatic amines is 2. The van der Waals surface area contributed by atoms with E-state index in [9.17, 15) is 5.26 Å². The van der Waals surface area contributed by atoms with Crippen LogP contribution in [0.5, 0.6) is 0 Å². The molecule has 140 valence electrons. The summed E-state index contributed by atoms with van der Waals surface area (Å²) in [4.78, 5) is 8.35. The smallest absolute Gasteiger partial charge is 0.118 e. The number of aryl methyl sites for hydroxylation is 2. The van der Waals surface area contributed by atoms with Crippen molar-refractivity contribution in [2.24, 2.45) is 0 Å². The van der Waals surface area contributed by atoms with Gasteiger partial charge in [-0.05, 0) is 74.1 Å². The molecule has 0 atom stereocenters. The van der Waals surface area contributed by atoms with Crippen molar-refractivity contribution in [3.63, 3.8) is 0 Å². The lowest BCUT2D eigenvalue weighted by atomic mass is 9.85. The third-order valence-corrected chi connectivity index (χ3v) is 6.22. The lowest BCUT2D eigenvalue weighted by Crippen LogP contribution is -2.07. The molecule has 0 fully saturated rings. The van der Waals surface area contributed by atoms with Crippen LogP contribution < -0.4 is 0 Å². The maximum Gasteiger partial charge on any atom is 0.118 e. The number of hydrogen-bond acceptors (Lipinski definition) is 3. The van der Waals surface area contributed by atoms with E-state index in [4.69, 9.17) is 4.98 Å². The van der Waals surface area contributed by atoms with Crippen molar-refractivity contribution in [1.29, 1.82) is 5.26 Å². The zero-order chi connectivity index (χ0) is 19.5. The topological polar surface area (TPSA) is 81.2 Å². The van der Waals surface area contributed by atoms with E-state index < -0.39 is 0 Å². The molecule has 3 heterocycles. The Balaban J connectivity index is 1.69. The molecule has 2 N–H and O–H groups in total. The maximum absolute atomic E-state index is 9.33. The SMILES string of the molecule is Cc1n[nH]c2ccc(-c3nc4ccc5[nH]c(C#N)cc5c4c4c3CCCC4)cc12. The minimum Gasteiger partial charge on any atom is -0.346 e. The molecule has 0 saturated carbocycles. The molecule has 0 saturated heterocycles. The molecule has 0 amide bonds. The van der Waals surface area contributed by atoms with E-state index in [2.05, 4.69) is 45.5 Å². The first-order chi connectivity index (χ1) is 14.2. The van der Waals surface area contributed by atoms with E-state index in [0.717, 1.165) is 57.1 Å². The highest BCUT2D eigenvalue weighted by atomic mass is 15.1. The van der Waals surface area contributed by atoms with Crippen LogP contribution in [0.4, 0.5) is 0 Å². The van der Waals surface area contributed by atoms with E-state index in [-0.39, 0.29) is 0 Å². The Bertz CT molecular complexity index is 1480. The number of aromatic nitrogens is 4. The highest BCUT2D eigenvalue weighted by Gasteiger charge is 2.21. The zero-order valence-electron chi connectivity index (χ0n) is 16.1. The molecule has 0 unspecified atom stereocenters. The van der Waals surface area contributed by atoms with Gasteiger partial charge in [-0.15, -0.1) is 0 Å². The number of hydrogen-bond donors (Lipinski definition) is 2. The van der Waals surface area contributed by atoms with E-state index >= 15 is 0 Å². The summed E-state index contributed by atoms with van der Waals surface area (Å²) in [5.74, 6) is 0. The van der Waals surface area contributed by atoms with Crippen molar-refractivity contribution >= 4 is 32.7 Å². The second kappa shape index (κ2) is 5.92. The molecule has 2 aromatic carbocycles. The predicted octanol–water partition coefficient (Wildman–Crippen LogP) is 5.32. The first-order valence-electron chi connectivity index (χ1n) is 10.1. The van der Waals surface area contributed by atoms with E-state index in [1.54, 1.807) is 0 Å². The molecule has 1 aliphatic carbocycles. The van der Waals surface area contributed by atoms with Gasteiger partial charge in [-0.2, -0.15) is 10.4 Å². The Labute approximate surface area is 167 Å². The van der Waals surface area contributed by atoms with Crippen LogP contribution in [0.15, 0.2) is 36.4 Å². The first-order valence-corrected chi connectivity index (χ1v) is 10.1. The Hall–Kier alpha value is -3.65. The molecule has 6 rings (SSSR count). The van der Waals surface area contributed by atoms with Crippen LogP contribution in [0.3, 0.4) is 0 Å². The number of pyridine rings is 1. The van der Waals surface area contributed by atoms with Gasteiger partial charge in [-0.25, -0.2) is 4.98 Å². The fraction of sp³-hybridized carbons (Fsp3) is 0.208. The zero-order valence-corrected chi connectivity index (χ0v) is 16.1. The van der Waals surface area contributed by atoms with Gasteiger partial charge in [0, 0.05) is 27.2 Å². The van der Waals surface area contributed by atoms with Gasteiger partial charge < -0.3 is 4.98 Å². The second-order valence-electron chi connectivity index (χ2n) is 7.91. The molecule has 0 spiro atoms. The number of benzene rings is 2. The van der Waals surface area contributed by atoms with Crippen LogP contribution in [0.25, 0.3) is 44.0 Å². The molecule has 0 aliphatic heterocycles. The normalized spacial score (nSPS) is 13.8. The fourth-order valence-corrected chi connectivity index (χ4v) is 4.82. The maximum atomic E-state index is 9.33. The van der Waals surface area contributed by atoms with Crippen LogP contribution in [-0.4, -0.2) is 20.2 Å². The van der Waals surface area contributed by atoms with Crippen LogP contribution in [0.2, 0.25) is 0 Å². The van der Waals surface area contributed by atoms with E-state index in [1.807, 2.05) is 19.1 Å². The summed E-state index contributed by atoms with van der Waals surface area (Å²) in [5, 5.41) is 20.2. The second-order valence-corrected chi connectivity index (χ2v) is 7.91. The molecule has 0 radical (unpaired) electrons. The molecule has 1 aliphatic rings. The Kier molecular flexibility index (Phi) is 3.33. The third-order valence-electron chi connectivity index (χ3n) is 6.22. The summed E-state index contributed by atoms with van der Waals surface area (Å²) < 4.78 is 0. The standard InChI is InChI=1S/C24H19N5/c1-13-18-10-14(6-7-21(18)29-28-13)24-17-5-3-2-4-16(17)23-19-11-15(12-25)26-20(19)8-9-22(23)27-24/h6-11,26H,2-5H2,1H3,(H,28,29). The molecule has 5 aromatic rings. The quantitative estimate of drug-likeness (QED) is 0.415. The highest BCUT2D eigenvalue weighted by Crippen LogP contribution is 2.39. The minimum absolute atomic E-state index is 0.599. The Morgan fingerprint density at radius 3 is 2.66 bits per heavy atom. The molecule has 0 bridgehead atoms. The minimum atomic E-state index is 0.599. The number of nitrogens with one attached hydrogen (secondary N) is 2. The Morgan fingerprint density at radius 1 is 0.966 bits per heavy atom. The van der Waals surface area contributed by atoms with E-state index in [0.29, 0.717) is 5.69 Å². The number of fused-ring (bicyclic) bond motifs is 6.